The molecule has 1 aliphatic rings. The topological polar surface area (TPSA) is 77.5 Å². The highest BCUT2D eigenvalue weighted by molar-refractivity contribution is 5.97. The van der Waals surface area contributed by atoms with Gasteiger partial charge in [-0.05, 0) is 31.0 Å². The van der Waals surface area contributed by atoms with Gasteiger partial charge in [-0.3, -0.25) is 9.78 Å². The summed E-state index contributed by atoms with van der Waals surface area (Å²) in [4.78, 5) is 27.1. The molecule has 1 aliphatic heterocycles. The first-order valence-corrected chi connectivity index (χ1v) is 7.77. The van der Waals surface area contributed by atoms with Gasteiger partial charge in [-0.2, -0.15) is 8.78 Å². The van der Waals surface area contributed by atoms with E-state index in [0.29, 0.717) is 29.3 Å². The second-order valence-electron chi connectivity index (χ2n) is 5.71. The van der Waals surface area contributed by atoms with E-state index >= 15 is 0 Å². The Hall–Kier alpha value is -2.61. The minimum Gasteiger partial charge on any atom is -0.435 e. The monoisotopic (exact) mass is 352 g/mol. The first kappa shape index (κ1) is 17.2. The predicted molar refractivity (Wildman–Crippen MR) is 86.8 cm³/mol. The zero-order valence-electron chi connectivity index (χ0n) is 13.2. The predicted octanol–water partition coefficient (Wildman–Crippen LogP) is 2.56. The number of amides is 1. The van der Waals surface area contributed by atoms with Gasteiger partial charge >= 0.3 is 6.61 Å². The number of ether oxygens (including phenoxy) is 2. The Labute approximate surface area is 143 Å². The summed E-state index contributed by atoms with van der Waals surface area (Å²) in [5.74, 6) is -0.295. The van der Waals surface area contributed by atoms with E-state index in [1.165, 1.54) is 18.3 Å². The van der Waals surface area contributed by atoms with Crippen molar-refractivity contribution in [3.63, 3.8) is 0 Å². The average molecular weight is 352 g/mol. The van der Waals surface area contributed by atoms with Crippen molar-refractivity contribution in [3.05, 3.63) is 36.0 Å². The molecule has 0 unspecified atom stereocenters. The maximum absolute atomic E-state index is 12.3. The number of carbonyl (C=O) groups is 2. The van der Waals surface area contributed by atoms with Crippen molar-refractivity contribution in [2.24, 2.45) is 0 Å². The molecule has 0 saturated carbocycles. The number of hydrogen-bond donors (Lipinski definition) is 1. The first-order chi connectivity index (χ1) is 12.0. The third-order valence-electron chi connectivity index (χ3n) is 3.94. The Morgan fingerprint density at radius 1 is 1.40 bits per heavy atom. The van der Waals surface area contributed by atoms with Crippen LogP contribution in [0.5, 0.6) is 5.75 Å². The van der Waals surface area contributed by atoms with E-state index in [0.717, 1.165) is 6.29 Å². The maximum Gasteiger partial charge on any atom is 0.387 e. The number of rotatable bonds is 5. The summed E-state index contributed by atoms with van der Waals surface area (Å²) < 4.78 is 34.1. The second-order valence-corrected chi connectivity index (χ2v) is 5.71. The molecule has 2 atom stereocenters. The number of hydrogen-bond acceptors (Lipinski definition) is 5. The lowest BCUT2D eigenvalue weighted by Crippen LogP contribution is -2.43. The van der Waals surface area contributed by atoms with Gasteiger partial charge in [0.1, 0.15) is 18.1 Å². The number of nitrogens with one attached hydrogen (secondary N) is 1. The van der Waals surface area contributed by atoms with Crippen LogP contribution < -0.4 is 10.1 Å². The Kier molecular flexibility index (Phi) is 5.18. The largest absolute Gasteiger partial charge is 0.435 e. The standard InChI is InChI=1S/C17H16F2N2O4.H2/c18-17(19)25-13-3-1-10-5-11(7-20-15(10)6-13)16(23)21-12-2-4-14(8-22)24-9-12;/h1,3,5-8,12,14,17H,2,4,9H2,(H,21,23);1H/t12-,14+;/m1./s1. The van der Waals surface area contributed by atoms with Crippen molar-refractivity contribution in [3.8, 4) is 5.75 Å². The number of fused-ring (bicyclic) bond motifs is 1. The Morgan fingerprint density at radius 2 is 2.24 bits per heavy atom. The van der Waals surface area contributed by atoms with E-state index in [1.807, 2.05) is 0 Å². The quantitative estimate of drug-likeness (QED) is 0.837. The fourth-order valence-electron chi connectivity index (χ4n) is 2.66. The van der Waals surface area contributed by atoms with Crippen LogP contribution in [-0.4, -0.2) is 42.5 Å². The fourth-order valence-corrected chi connectivity index (χ4v) is 2.66. The Balaban J connectivity index is 0.00000243. The molecule has 1 fully saturated rings. The molecule has 1 aromatic heterocycles. The molecule has 134 valence electrons. The molecule has 6 nitrogen and oxygen atoms in total. The Bertz CT molecular complexity index is 782. The van der Waals surface area contributed by atoms with E-state index in [4.69, 9.17) is 4.74 Å². The molecular formula is C17H18F2N2O4. The van der Waals surface area contributed by atoms with Crippen LogP contribution in [0, 0.1) is 0 Å². The summed E-state index contributed by atoms with van der Waals surface area (Å²) in [6, 6.07) is 5.81. The number of halogens is 2. The van der Waals surface area contributed by atoms with E-state index in [2.05, 4.69) is 15.0 Å². The molecule has 2 aromatic rings. The van der Waals surface area contributed by atoms with Crippen LogP contribution in [0.15, 0.2) is 30.5 Å². The average Bonchev–Trinajstić information content (AvgIpc) is 2.61. The van der Waals surface area contributed by atoms with Gasteiger partial charge in [-0.1, -0.05) is 0 Å². The summed E-state index contributed by atoms with van der Waals surface area (Å²) in [5, 5.41) is 3.47. The van der Waals surface area contributed by atoms with Gasteiger partial charge < -0.3 is 19.6 Å². The van der Waals surface area contributed by atoms with Gasteiger partial charge in [-0.25, -0.2) is 0 Å². The SMILES string of the molecule is O=C[C@@H]1CC[C@@H](NC(=O)c2cnc3cc(OC(F)F)ccc3c2)CO1.[HH]. The van der Waals surface area contributed by atoms with Gasteiger partial charge in [-0.15, -0.1) is 0 Å². The molecule has 0 bridgehead atoms. The summed E-state index contributed by atoms with van der Waals surface area (Å²) in [6.07, 6.45) is 2.96. The highest BCUT2D eigenvalue weighted by Gasteiger charge is 2.23. The number of carbonyl (C=O) groups excluding carboxylic acids is 2. The normalized spacial score (nSPS) is 20.4. The second kappa shape index (κ2) is 7.52. The van der Waals surface area contributed by atoms with Gasteiger partial charge in [0.2, 0.25) is 0 Å². The minimum absolute atomic E-state index is 0. The summed E-state index contributed by atoms with van der Waals surface area (Å²) >= 11 is 0. The van der Waals surface area contributed by atoms with Crippen molar-refractivity contribution < 1.29 is 29.3 Å². The van der Waals surface area contributed by atoms with E-state index < -0.39 is 12.7 Å². The first-order valence-electron chi connectivity index (χ1n) is 7.77. The van der Waals surface area contributed by atoms with Gasteiger partial charge in [0.25, 0.3) is 5.91 Å². The third-order valence-corrected chi connectivity index (χ3v) is 3.94. The van der Waals surface area contributed by atoms with Crippen LogP contribution in [0.4, 0.5) is 8.78 Å². The van der Waals surface area contributed by atoms with Crippen molar-refractivity contribution in [2.45, 2.75) is 31.6 Å². The maximum atomic E-state index is 12.3. The van der Waals surface area contributed by atoms with E-state index in [9.17, 15) is 18.4 Å². The number of benzene rings is 1. The van der Waals surface area contributed by atoms with Crippen molar-refractivity contribution in [1.82, 2.24) is 10.3 Å². The molecule has 3 rings (SSSR count). The van der Waals surface area contributed by atoms with Gasteiger partial charge in [0, 0.05) is 19.1 Å². The van der Waals surface area contributed by atoms with E-state index in [1.54, 1.807) is 12.1 Å². The molecule has 2 heterocycles. The van der Waals surface area contributed by atoms with E-state index in [-0.39, 0.29) is 25.7 Å². The van der Waals surface area contributed by atoms with Gasteiger partial charge in [0.15, 0.2) is 0 Å². The lowest BCUT2D eigenvalue weighted by Gasteiger charge is -2.26. The zero-order chi connectivity index (χ0) is 17.8. The lowest BCUT2D eigenvalue weighted by molar-refractivity contribution is -0.121. The molecule has 1 saturated heterocycles. The molecule has 0 aliphatic carbocycles. The van der Waals surface area contributed by atoms with Crippen molar-refractivity contribution in [1.29, 1.82) is 0 Å². The van der Waals surface area contributed by atoms with Crippen LogP contribution >= 0.6 is 0 Å². The number of aldehydes is 1. The highest BCUT2D eigenvalue weighted by atomic mass is 19.3. The molecule has 1 aromatic carbocycles. The van der Waals surface area contributed by atoms with Crippen LogP contribution in [0.3, 0.4) is 0 Å². The number of nitrogens with zero attached hydrogens (tertiary/aromatic N) is 1. The van der Waals surface area contributed by atoms with Crippen LogP contribution in [0.2, 0.25) is 0 Å². The zero-order valence-corrected chi connectivity index (χ0v) is 13.2. The van der Waals surface area contributed by atoms with Crippen LogP contribution in [0.25, 0.3) is 10.9 Å². The molecule has 1 N–H and O–H groups in total. The molecule has 0 radical (unpaired) electrons. The molecule has 0 spiro atoms. The lowest BCUT2D eigenvalue weighted by atomic mass is 10.1. The Morgan fingerprint density at radius 3 is 2.92 bits per heavy atom. The summed E-state index contributed by atoms with van der Waals surface area (Å²) in [5.41, 5.74) is 0.803. The smallest absolute Gasteiger partial charge is 0.387 e. The fraction of sp³-hybridized carbons (Fsp3) is 0.353. The minimum atomic E-state index is -2.90. The van der Waals surface area contributed by atoms with Crippen LogP contribution in [-0.2, 0) is 9.53 Å². The molecule has 25 heavy (non-hydrogen) atoms. The third kappa shape index (κ3) is 4.27. The van der Waals surface area contributed by atoms with Crippen molar-refractivity contribution >= 4 is 23.1 Å². The molecular weight excluding hydrogens is 334 g/mol. The number of alkyl halides is 2. The van der Waals surface area contributed by atoms with Crippen molar-refractivity contribution in [2.75, 3.05) is 6.61 Å². The van der Waals surface area contributed by atoms with Crippen LogP contribution in [0.1, 0.15) is 24.6 Å². The number of aromatic nitrogens is 1. The van der Waals surface area contributed by atoms with Gasteiger partial charge in [0.05, 0.1) is 23.7 Å². The summed E-state index contributed by atoms with van der Waals surface area (Å²) in [7, 11) is 0. The summed E-state index contributed by atoms with van der Waals surface area (Å²) in [6.45, 7) is -2.62. The molecule has 1 amide bonds. The molecule has 8 heteroatoms. The number of pyridine rings is 1. The highest BCUT2D eigenvalue weighted by Crippen LogP contribution is 2.22.